The number of aromatic nitrogens is 1. The van der Waals surface area contributed by atoms with Gasteiger partial charge in [-0.2, -0.15) is 0 Å². The number of carbonyl (C=O) groups is 1. The van der Waals surface area contributed by atoms with Crippen LogP contribution in [0.4, 0.5) is 17.2 Å². The number of rotatable bonds is 7. The molecule has 2 N–H and O–H groups in total. The first-order valence-electron chi connectivity index (χ1n) is 8.60. The van der Waals surface area contributed by atoms with Crippen LogP contribution in [-0.4, -0.2) is 24.6 Å². The first-order chi connectivity index (χ1) is 13.2. The zero-order valence-corrected chi connectivity index (χ0v) is 15.2. The van der Waals surface area contributed by atoms with E-state index in [2.05, 4.69) is 15.6 Å². The minimum atomic E-state index is -0.253. The van der Waals surface area contributed by atoms with Crippen LogP contribution in [-0.2, 0) is 0 Å². The van der Waals surface area contributed by atoms with E-state index in [0.717, 1.165) is 11.4 Å². The van der Waals surface area contributed by atoms with Crippen molar-refractivity contribution in [3.63, 3.8) is 0 Å². The fourth-order valence-electron chi connectivity index (χ4n) is 2.56. The molecule has 1 aromatic heterocycles. The van der Waals surface area contributed by atoms with Gasteiger partial charge in [-0.15, -0.1) is 0 Å². The molecule has 0 saturated heterocycles. The minimum Gasteiger partial charge on any atom is -0.496 e. The van der Waals surface area contributed by atoms with Crippen molar-refractivity contribution in [2.24, 2.45) is 0 Å². The van der Waals surface area contributed by atoms with Gasteiger partial charge in [0, 0.05) is 0 Å². The quantitative estimate of drug-likeness (QED) is 0.647. The SMILES string of the molecule is CCOc1ccccc1Nc1ccc(NC(=O)c2ccccc2OC)cn1. The Labute approximate surface area is 158 Å². The Morgan fingerprint density at radius 1 is 1.00 bits per heavy atom. The predicted molar refractivity (Wildman–Crippen MR) is 106 cm³/mol. The zero-order chi connectivity index (χ0) is 19.1. The molecule has 0 fully saturated rings. The molecule has 27 heavy (non-hydrogen) atoms. The lowest BCUT2D eigenvalue weighted by Crippen LogP contribution is -2.13. The van der Waals surface area contributed by atoms with Gasteiger partial charge in [0.2, 0.25) is 0 Å². The number of carbonyl (C=O) groups excluding carboxylic acids is 1. The van der Waals surface area contributed by atoms with Crippen molar-refractivity contribution in [3.05, 3.63) is 72.4 Å². The normalized spacial score (nSPS) is 10.1. The van der Waals surface area contributed by atoms with Gasteiger partial charge in [0.1, 0.15) is 17.3 Å². The van der Waals surface area contributed by atoms with Crippen molar-refractivity contribution < 1.29 is 14.3 Å². The number of hydrogen-bond donors (Lipinski definition) is 2. The largest absolute Gasteiger partial charge is 0.496 e. The molecular weight excluding hydrogens is 342 g/mol. The first-order valence-corrected chi connectivity index (χ1v) is 8.60. The third kappa shape index (κ3) is 4.55. The number of pyridine rings is 1. The number of amides is 1. The Morgan fingerprint density at radius 2 is 1.74 bits per heavy atom. The van der Waals surface area contributed by atoms with Crippen LogP contribution >= 0.6 is 0 Å². The fraction of sp³-hybridized carbons (Fsp3) is 0.143. The van der Waals surface area contributed by atoms with Crippen molar-refractivity contribution in [3.8, 4) is 11.5 Å². The lowest BCUT2D eigenvalue weighted by Gasteiger charge is -2.12. The average molecular weight is 363 g/mol. The highest BCUT2D eigenvalue weighted by Gasteiger charge is 2.12. The molecule has 3 aromatic rings. The van der Waals surface area contributed by atoms with E-state index in [1.54, 1.807) is 36.5 Å². The van der Waals surface area contributed by atoms with Crippen molar-refractivity contribution in [2.45, 2.75) is 6.92 Å². The third-order valence-electron chi connectivity index (χ3n) is 3.82. The maximum Gasteiger partial charge on any atom is 0.259 e. The van der Waals surface area contributed by atoms with E-state index in [0.29, 0.717) is 29.4 Å². The number of para-hydroxylation sites is 3. The van der Waals surface area contributed by atoms with E-state index in [4.69, 9.17) is 9.47 Å². The van der Waals surface area contributed by atoms with Crippen molar-refractivity contribution >= 4 is 23.1 Å². The van der Waals surface area contributed by atoms with Gasteiger partial charge in [0.25, 0.3) is 5.91 Å². The molecule has 1 amide bonds. The standard InChI is InChI=1S/C21H21N3O3/c1-3-27-19-11-7-5-9-17(19)24-20-13-12-15(14-22-20)23-21(25)16-8-4-6-10-18(16)26-2/h4-14H,3H2,1-2H3,(H,22,24)(H,23,25). The van der Waals surface area contributed by atoms with Gasteiger partial charge in [0.05, 0.1) is 36.9 Å². The molecule has 0 radical (unpaired) electrons. The molecule has 0 atom stereocenters. The first kappa shape index (κ1) is 18.3. The Bertz CT molecular complexity index is 911. The van der Waals surface area contributed by atoms with E-state index < -0.39 is 0 Å². The highest BCUT2D eigenvalue weighted by Crippen LogP contribution is 2.27. The lowest BCUT2D eigenvalue weighted by atomic mass is 10.2. The van der Waals surface area contributed by atoms with E-state index in [1.807, 2.05) is 37.3 Å². The molecule has 138 valence electrons. The van der Waals surface area contributed by atoms with Crippen LogP contribution in [0.5, 0.6) is 11.5 Å². The highest BCUT2D eigenvalue weighted by atomic mass is 16.5. The van der Waals surface area contributed by atoms with Crippen LogP contribution < -0.4 is 20.1 Å². The van der Waals surface area contributed by atoms with Gasteiger partial charge in [-0.3, -0.25) is 4.79 Å². The number of anilines is 3. The minimum absolute atomic E-state index is 0.253. The van der Waals surface area contributed by atoms with Crippen LogP contribution in [0, 0.1) is 0 Å². The number of nitrogens with one attached hydrogen (secondary N) is 2. The highest BCUT2D eigenvalue weighted by molar-refractivity contribution is 6.06. The molecule has 6 nitrogen and oxygen atoms in total. The summed E-state index contributed by atoms with van der Waals surface area (Å²) in [6.07, 6.45) is 1.60. The van der Waals surface area contributed by atoms with Crippen molar-refractivity contribution in [1.82, 2.24) is 4.98 Å². The van der Waals surface area contributed by atoms with E-state index in [9.17, 15) is 4.79 Å². The molecule has 0 aliphatic heterocycles. The van der Waals surface area contributed by atoms with E-state index in [-0.39, 0.29) is 5.91 Å². The van der Waals surface area contributed by atoms with Gasteiger partial charge in [-0.05, 0) is 43.3 Å². The molecule has 0 bridgehead atoms. The summed E-state index contributed by atoms with van der Waals surface area (Å²) in [6.45, 7) is 2.52. The summed E-state index contributed by atoms with van der Waals surface area (Å²) in [5.74, 6) is 1.68. The number of ether oxygens (including phenoxy) is 2. The van der Waals surface area contributed by atoms with Gasteiger partial charge >= 0.3 is 0 Å². The molecule has 0 aliphatic rings. The Morgan fingerprint density at radius 3 is 2.44 bits per heavy atom. The lowest BCUT2D eigenvalue weighted by molar-refractivity contribution is 0.102. The monoisotopic (exact) mass is 363 g/mol. The molecule has 0 spiro atoms. The summed E-state index contributed by atoms with van der Waals surface area (Å²) in [7, 11) is 1.54. The Balaban J connectivity index is 1.70. The summed E-state index contributed by atoms with van der Waals surface area (Å²) in [5.41, 5.74) is 1.89. The average Bonchev–Trinajstić information content (AvgIpc) is 2.71. The Hall–Kier alpha value is -3.54. The number of hydrogen-bond acceptors (Lipinski definition) is 5. The number of benzene rings is 2. The summed E-state index contributed by atoms with van der Waals surface area (Å²) in [5, 5.41) is 6.04. The third-order valence-corrected chi connectivity index (χ3v) is 3.82. The van der Waals surface area contributed by atoms with Crippen LogP contribution in [0.15, 0.2) is 66.9 Å². The number of nitrogens with zero attached hydrogens (tertiary/aromatic N) is 1. The van der Waals surface area contributed by atoms with Crippen LogP contribution in [0.1, 0.15) is 17.3 Å². The molecule has 0 unspecified atom stereocenters. The maximum absolute atomic E-state index is 12.4. The van der Waals surface area contributed by atoms with Crippen molar-refractivity contribution in [2.75, 3.05) is 24.4 Å². The van der Waals surface area contributed by atoms with E-state index >= 15 is 0 Å². The molecule has 0 aliphatic carbocycles. The van der Waals surface area contributed by atoms with Gasteiger partial charge in [-0.25, -0.2) is 4.98 Å². The molecule has 6 heteroatoms. The predicted octanol–water partition coefficient (Wildman–Crippen LogP) is 4.48. The van der Waals surface area contributed by atoms with Gasteiger partial charge < -0.3 is 20.1 Å². The fourth-order valence-corrected chi connectivity index (χ4v) is 2.56. The maximum atomic E-state index is 12.4. The van der Waals surface area contributed by atoms with Crippen molar-refractivity contribution in [1.29, 1.82) is 0 Å². The summed E-state index contributed by atoms with van der Waals surface area (Å²) < 4.78 is 10.8. The second-order valence-electron chi connectivity index (χ2n) is 5.64. The van der Waals surface area contributed by atoms with Crippen LogP contribution in [0.2, 0.25) is 0 Å². The molecule has 1 heterocycles. The Kier molecular flexibility index (Phi) is 5.89. The van der Waals surface area contributed by atoms with Gasteiger partial charge in [0.15, 0.2) is 0 Å². The topological polar surface area (TPSA) is 72.5 Å². The smallest absolute Gasteiger partial charge is 0.259 e. The van der Waals surface area contributed by atoms with Crippen LogP contribution in [0.25, 0.3) is 0 Å². The second kappa shape index (κ2) is 8.71. The zero-order valence-electron chi connectivity index (χ0n) is 15.2. The van der Waals surface area contributed by atoms with E-state index in [1.165, 1.54) is 7.11 Å². The molecular formula is C21H21N3O3. The van der Waals surface area contributed by atoms with Gasteiger partial charge in [-0.1, -0.05) is 24.3 Å². The molecule has 0 saturated carbocycles. The molecule has 2 aromatic carbocycles. The summed E-state index contributed by atoms with van der Waals surface area (Å²) in [6, 6.07) is 18.3. The van der Waals surface area contributed by atoms with Crippen LogP contribution in [0.3, 0.4) is 0 Å². The summed E-state index contributed by atoms with van der Waals surface area (Å²) >= 11 is 0. The number of methoxy groups -OCH3 is 1. The molecule has 3 rings (SSSR count). The summed E-state index contributed by atoms with van der Waals surface area (Å²) in [4.78, 5) is 16.8. The second-order valence-corrected chi connectivity index (χ2v) is 5.64.